The lowest BCUT2D eigenvalue weighted by atomic mass is 10.0. The minimum absolute atomic E-state index is 0.0724. The predicted octanol–water partition coefficient (Wildman–Crippen LogP) is -0.0117. The van der Waals surface area contributed by atoms with Crippen molar-refractivity contribution in [1.82, 2.24) is 10.6 Å². The van der Waals surface area contributed by atoms with Crippen molar-refractivity contribution in [2.24, 2.45) is 5.73 Å². The van der Waals surface area contributed by atoms with Crippen molar-refractivity contribution in [3.63, 3.8) is 0 Å². The fourth-order valence-electron chi connectivity index (χ4n) is 1.60. The monoisotopic (exact) mass is 279 g/mol. The van der Waals surface area contributed by atoms with Gasteiger partial charge in [0.25, 0.3) is 0 Å². The van der Waals surface area contributed by atoms with E-state index >= 15 is 0 Å². The second-order valence-electron chi connectivity index (χ2n) is 4.16. The number of rotatable bonds is 7. The molecule has 3 amide bonds. The Balaban J connectivity index is 2.46. The number of carbonyl (C=O) groups excluding carboxylic acids is 2. The molecule has 0 unspecified atom stereocenters. The van der Waals surface area contributed by atoms with Crippen molar-refractivity contribution in [3.8, 4) is 0 Å². The van der Waals surface area contributed by atoms with Crippen molar-refractivity contribution in [2.45, 2.75) is 19.4 Å². The van der Waals surface area contributed by atoms with Crippen molar-refractivity contribution >= 4 is 17.9 Å². The van der Waals surface area contributed by atoms with Crippen LogP contribution < -0.4 is 16.4 Å². The number of primary amides is 1. The molecule has 0 bridgehead atoms. The fraction of sp³-hybridized carbons (Fsp3) is 0.308. The molecule has 0 spiro atoms. The number of urea groups is 1. The van der Waals surface area contributed by atoms with Gasteiger partial charge in [-0.25, -0.2) is 4.79 Å². The van der Waals surface area contributed by atoms with Crippen molar-refractivity contribution in [3.05, 3.63) is 35.4 Å². The maximum atomic E-state index is 11.4. The lowest BCUT2D eigenvalue weighted by Gasteiger charge is -2.10. The first-order valence-corrected chi connectivity index (χ1v) is 6.07. The fourth-order valence-corrected chi connectivity index (χ4v) is 1.60. The summed E-state index contributed by atoms with van der Waals surface area (Å²) in [5.41, 5.74) is 6.33. The lowest BCUT2D eigenvalue weighted by molar-refractivity contribution is -0.136. The van der Waals surface area contributed by atoms with E-state index in [9.17, 15) is 14.4 Å². The number of carbonyl (C=O) groups is 3. The summed E-state index contributed by atoms with van der Waals surface area (Å²) in [5.74, 6) is -1.42. The average Bonchev–Trinajstić information content (AvgIpc) is 2.36. The molecule has 7 nitrogen and oxygen atoms in total. The van der Waals surface area contributed by atoms with E-state index in [1.165, 1.54) is 0 Å². The summed E-state index contributed by atoms with van der Waals surface area (Å²) in [6.45, 7) is 0.379. The van der Waals surface area contributed by atoms with Gasteiger partial charge in [0.2, 0.25) is 5.91 Å². The molecule has 0 aliphatic carbocycles. The minimum atomic E-state index is -0.927. The molecule has 0 fully saturated rings. The Labute approximate surface area is 116 Å². The van der Waals surface area contributed by atoms with E-state index in [1.807, 2.05) is 0 Å². The van der Waals surface area contributed by atoms with Crippen LogP contribution >= 0.6 is 0 Å². The Morgan fingerprint density at radius 3 is 2.35 bits per heavy atom. The molecule has 0 aromatic heterocycles. The van der Waals surface area contributed by atoms with Gasteiger partial charge in [0, 0.05) is 19.5 Å². The molecule has 1 rings (SSSR count). The molecule has 0 saturated heterocycles. The standard InChI is InChI=1S/C13H17N3O4/c14-11(17)5-6-15-13(20)16-8-10-4-2-1-3-9(10)7-12(18)19/h1-4H,5-8H2,(H2,14,17)(H,18,19)(H2,15,16,20). The number of nitrogens with two attached hydrogens (primary N) is 1. The Morgan fingerprint density at radius 1 is 1.10 bits per heavy atom. The molecule has 0 atom stereocenters. The molecule has 108 valence electrons. The van der Waals surface area contributed by atoms with Gasteiger partial charge in [-0.3, -0.25) is 9.59 Å². The second-order valence-corrected chi connectivity index (χ2v) is 4.16. The van der Waals surface area contributed by atoms with Crippen molar-refractivity contribution in [2.75, 3.05) is 6.54 Å². The molecule has 0 saturated carbocycles. The number of nitrogens with one attached hydrogen (secondary N) is 2. The molecule has 7 heteroatoms. The van der Waals surface area contributed by atoms with Crippen LogP contribution in [0.4, 0.5) is 4.79 Å². The SMILES string of the molecule is NC(=O)CCNC(=O)NCc1ccccc1CC(=O)O. The highest BCUT2D eigenvalue weighted by atomic mass is 16.4. The quantitative estimate of drug-likeness (QED) is 0.560. The van der Waals surface area contributed by atoms with E-state index < -0.39 is 17.9 Å². The third kappa shape index (κ3) is 5.85. The Kier molecular flexibility index (Phi) is 6.02. The molecule has 20 heavy (non-hydrogen) atoms. The number of aliphatic carboxylic acids is 1. The van der Waals surface area contributed by atoms with Crippen molar-refractivity contribution < 1.29 is 19.5 Å². The van der Waals surface area contributed by atoms with Gasteiger partial charge in [-0.1, -0.05) is 24.3 Å². The highest BCUT2D eigenvalue weighted by Crippen LogP contribution is 2.09. The van der Waals surface area contributed by atoms with Gasteiger partial charge < -0.3 is 21.5 Å². The molecule has 5 N–H and O–H groups in total. The number of carboxylic acids is 1. The van der Waals surface area contributed by atoms with Gasteiger partial charge in [-0.15, -0.1) is 0 Å². The third-order valence-electron chi connectivity index (χ3n) is 2.56. The van der Waals surface area contributed by atoms with E-state index in [0.29, 0.717) is 5.56 Å². The van der Waals surface area contributed by atoms with Gasteiger partial charge in [0.1, 0.15) is 0 Å². The first kappa shape index (κ1) is 15.5. The normalized spacial score (nSPS) is 9.80. The summed E-state index contributed by atoms with van der Waals surface area (Å²) >= 11 is 0. The molecular weight excluding hydrogens is 262 g/mol. The smallest absolute Gasteiger partial charge is 0.315 e. The van der Waals surface area contributed by atoms with Crippen molar-refractivity contribution in [1.29, 1.82) is 0 Å². The first-order valence-electron chi connectivity index (χ1n) is 6.07. The molecule has 1 aromatic rings. The Hall–Kier alpha value is -2.57. The number of benzene rings is 1. The number of carboxylic acid groups (broad SMARTS) is 1. The van der Waals surface area contributed by atoms with Crippen LogP contribution in [-0.2, 0) is 22.6 Å². The molecule has 1 aromatic carbocycles. The van der Waals surface area contributed by atoms with Crippen LogP contribution in [0.5, 0.6) is 0 Å². The van der Waals surface area contributed by atoms with Gasteiger partial charge in [-0.05, 0) is 11.1 Å². The molecule has 0 heterocycles. The van der Waals surface area contributed by atoms with E-state index in [1.54, 1.807) is 24.3 Å². The maximum Gasteiger partial charge on any atom is 0.315 e. The Bertz CT molecular complexity index is 502. The summed E-state index contributed by atoms with van der Waals surface area (Å²) in [5, 5.41) is 13.9. The highest BCUT2D eigenvalue weighted by molar-refractivity contribution is 5.77. The average molecular weight is 279 g/mol. The Morgan fingerprint density at radius 2 is 1.75 bits per heavy atom. The van der Waals surface area contributed by atoms with Crippen LogP contribution in [0.1, 0.15) is 17.5 Å². The van der Waals surface area contributed by atoms with Gasteiger partial charge in [0.05, 0.1) is 6.42 Å². The molecule has 0 radical (unpaired) electrons. The minimum Gasteiger partial charge on any atom is -0.481 e. The van der Waals surface area contributed by atoms with E-state index in [0.717, 1.165) is 5.56 Å². The van der Waals surface area contributed by atoms with Gasteiger partial charge in [-0.2, -0.15) is 0 Å². The van der Waals surface area contributed by atoms with E-state index in [-0.39, 0.29) is 25.9 Å². The predicted molar refractivity (Wildman–Crippen MR) is 71.8 cm³/mol. The van der Waals surface area contributed by atoms with Crippen LogP contribution in [0.15, 0.2) is 24.3 Å². The van der Waals surface area contributed by atoms with Gasteiger partial charge >= 0.3 is 12.0 Å². The highest BCUT2D eigenvalue weighted by Gasteiger charge is 2.07. The third-order valence-corrected chi connectivity index (χ3v) is 2.56. The number of hydrogen-bond acceptors (Lipinski definition) is 3. The summed E-state index contributed by atoms with van der Waals surface area (Å²) in [7, 11) is 0. The molecular formula is C13H17N3O4. The summed E-state index contributed by atoms with van der Waals surface area (Å²) in [6, 6.07) is 6.54. The molecule has 0 aliphatic heterocycles. The zero-order valence-electron chi connectivity index (χ0n) is 10.9. The van der Waals surface area contributed by atoms with Crippen LogP contribution in [0.3, 0.4) is 0 Å². The topological polar surface area (TPSA) is 122 Å². The first-order chi connectivity index (χ1) is 9.49. The molecule has 0 aliphatic rings. The maximum absolute atomic E-state index is 11.4. The summed E-state index contributed by atoms with van der Waals surface area (Å²) in [6.07, 6.45) is -0.0236. The van der Waals surface area contributed by atoms with Crippen LogP contribution in [0.25, 0.3) is 0 Å². The van der Waals surface area contributed by atoms with Crippen LogP contribution in [0, 0.1) is 0 Å². The number of hydrogen-bond donors (Lipinski definition) is 4. The second kappa shape index (κ2) is 7.78. The number of amides is 3. The van der Waals surface area contributed by atoms with Gasteiger partial charge in [0.15, 0.2) is 0 Å². The van der Waals surface area contributed by atoms with E-state index in [2.05, 4.69) is 10.6 Å². The summed E-state index contributed by atoms with van der Waals surface area (Å²) < 4.78 is 0. The largest absolute Gasteiger partial charge is 0.481 e. The van der Waals surface area contributed by atoms with Crippen LogP contribution in [0.2, 0.25) is 0 Å². The zero-order chi connectivity index (χ0) is 15.0. The van der Waals surface area contributed by atoms with E-state index in [4.69, 9.17) is 10.8 Å². The van der Waals surface area contributed by atoms with Crippen LogP contribution in [-0.4, -0.2) is 29.6 Å². The lowest BCUT2D eigenvalue weighted by Crippen LogP contribution is -2.37. The zero-order valence-corrected chi connectivity index (χ0v) is 10.9. The summed E-state index contributed by atoms with van der Waals surface area (Å²) in [4.78, 5) is 32.7.